The number of aryl methyl sites for hydroxylation is 1. The van der Waals surface area contributed by atoms with Gasteiger partial charge in [0.2, 0.25) is 0 Å². The lowest BCUT2D eigenvalue weighted by molar-refractivity contribution is 0.159. The maximum absolute atomic E-state index is 11.0. The Bertz CT molecular complexity index is 641. The third-order valence-electron chi connectivity index (χ3n) is 4.51. The van der Waals surface area contributed by atoms with Gasteiger partial charge in [0, 0.05) is 5.56 Å². The molecule has 0 amide bonds. The highest BCUT2D eigenvalue weighted by Crippen LogP contribution is 2.37. The van der Waals surface area contributed by atoms with E-state index >= 15 is 0 Å². The van der Waals surface area contributed by atoms with E-state index in [4.69, 9.17) is 4.74 Å². The third kappa shape index (κ3) is 5.61. The Morgan fingerprint density at radius 1 is 1.00 bits per heavy atom. The van der Waals surface area contributed by atoms with E-state index in [2.05, 4.69) is 45.9 Å². The second-order valence-corrected chi connectivity index (χ2v) is 7.71. The molecule has 2 rings (SSSR count). The summed E-state index contributed by atoms with van der Waals surface area (Å²) >= 11 is 0. The Morgan fingerprint density at radius 2 is 1.72 bits per heavy atom. The summed E-state index contributed by atoms with van der Waals surface area (Å²) in [5.74, 6) is 0.835. The molecule has 0 fully saturated rings. The lowest BCUT2D eigenvalue weighted by Crippen LogP contribution is -2.18. The largest absolute Gasteiger partial charge is 0.493 e. The monoisotopic (exact) mass is 340 g/mol. The number of aliphatic hydroxyl groups is 1. The molecule has 25 heavy (non-hydrogen) atoms. The molecule has 1 N–H and O–H groups in total. The Kier molecular flexibility index (Phi) is 7.07. The molecule has 136 valence electrons. The number of ether oxygens (including phenoxy) is 1. The highest BCUT2D eigenvalue weighted by molar-refractivity contribution is 5.45. The molecule has 0 aliphatic rings. The maximum atomic E-state index is 11.0. The molecule has 2 heteroatoms. The van der Waals surface area contributed by atoms with Crippen LogP contribution in [0.3, 0.4) is 0 Å². The van der Waals surface area contributed by atoms with E-state index in [0.29, 0.717) is 13.0 Å². The normalized spacial score (nSPS) is 12.8. The molecular weight excluding hydrogens is 308 g/mol. The highest BCUT2D eigenvalue weighted by Gasteiger charge is 2.25. The summed E-state index contributed by atoms with van der Waals surface area (Å²) in [7, 11) is 0. The average molecular weight is 341 g/mol. The molecule has 0 heterocycles. The summed E-state index contributed by atoms with van der Waals surface area (Å²) in [6.07, 6.45) is 3.16. The number of hydrogen-bond donors (Lipinski definition) is 1. The number of unbranched alkanes of at least 4 members (excludes halogenated alkanes) is 1. The van der Waals surface area contributed by atoms with Gasteiger partial charge in [-0.2, -0.15) is 0 Å². The van der Waals surface area contributed by atoms with Gasteiger partial charge in [-0.15, -0.1) is 0 Å². The van der Waals surface area contributed by atoms with Crippen molar-refractivity contribution in [3.63, 3.8) is 0 Å². The SMILES string of the molecule is CCCCOc1cccc(C(C)(C)C)c1C(O)CCc1ccccc1. The van der Waals surface area contributed by atoms with Crippen LogP contribution < -0.4 is 4.74 Å². The maximum Gasteiger partial charge on any atom is 0.125 e. The molecule has 0 aliphatic carbocycles. The van der Waals surface area contributed by atoms with Gasteiger partial charge >= 0.3 is 0 Å². The predicted octanol–water partition coefficient (Wildman–Crippen LogP) is 5.83. The minimum Gasteiger partial charge on any atom is -0.493 e. The van der Waals surface area contributed by atoms with E-state index in [1.54, 1.807) is 0 Å². The molecule has 0 saturated carbocycles. The van der Waals surface area contributed by atoms with E-state index in [0.717, 1.165) is 30.6 Å². The van der Waals surface area contributed by atoms with Gasteiger partial charge < -0.3 is 9.84 Å². The quantitative estimate of drug-likeness (QED) is 0.613. The van der Waals surface area contributed by atoms with E-state index < -0.39 is 6.10 Å². The van der Waals surface area contributed by atoms with Crippen LogP contribution >= 0.6 is 0 Å². The van der Waals surface area contributed by atoms with E-state index in [1.165, 1.54) is 11.1 Å². The zero-order valence-corrected chi connectivity index (χ0v) is 16.1. The fourth-order valence-corrected chi connectivity index (χ4v) is 3.09. The van der Waals surface area contributed by atoms with Crippen LogP contribution in [0.15, 0.2) is 48.5 Å². The Labute approximate surface area is 152 Å². The lowest BCUT2D eigenvalue weighted by atomic mass is 9.81. The van der Waals surface area contributed by atoms with Crippen molar-refractivity contribution in [2.45, 2.75) is 64.9 Å². The minimum absolute atomic E-state index is 0.0345. The molecule has 0 bridgehead atoms. The van der Waals surface area contributed by atoms with Crippen molar-refractivity contribution in [3.05, 3.63) is 65.2 Å². The summed E-state index contributed by atoms with van der Waals surface area (Å²) in [5, 5.41) is 11.0. The molecule has 0 spiro atoms. The summed E-state index contributed by atoms with van der Waals surface area (Å²) in [4.78, 5) is 0. The number of rotatable bonds is 8. The number of aliphatic hydroxyl groups excluding tert-OH is 1. The lowest BCUT2D eigenvalue weighted by Gasteiger charge is -2.27. The zero-order chi connectivity index (χ0) is 18.3. The second kappa shape index (κ2) is 9.05. The Hall–Kier alpha value is -1.80. The van der Waals surface area contributed by atoms with Crippen molar-refractivity contribution in [1.82, 2.24) is 0 Å². The summed E-state index contributed by atoms with van der Waals surface area (Å²) < 4.78 is 6.03. The molecule has 1 atom stereocenters. The van der Waals surface area contributed by atoms with Gasteiger partial charge in [0.15, 0.2) is 0 Å². The standard InChI is InChI=1S/C23H32O2/c1-5-6-17-25-21-14-10-13-19(23(2,3)4)22(21)20(24)16-15-18-11-8-7-9-12-18/h7-14,20,24H,5-6,15-17H2,1-4H3. The van der Waals surface area contributed by atoms with Gasteiger partial charge in [-0.05, 0) is 41.9 Å². The van der Waals surface area contributed by atoms with Crippen LogP contribution in [0.25, 0.3) is 0 Å². The first-order valence-electron chi connectivity index (χ1n) is 9.41. The highest BCUT2D eigenvalue weighted by atomic mass is 16.5. The van der Waals surface area contributed by atoms with Crippen LogP contribution in [0.4, 0.5) is 0 Å². The first-order chi connectivity index (χ1) is 11.9. The van der Waals surface area contributed by atoms with E-state index in [9.17, 15) is 5.11 Å². The average Bonchev–Trinajstić information content (AvgIpc) is 2.60. The Balaban J connectivity index is 2.24. The molecule has 0 radical (unpaired) electrons. The van der Waals surface area contributed by atoms with Crippen molar-refractivity contribution < 1.29 is 9.84 Å². The molecule has 1 unspecified atom stereocenters. The molecule has 0 aromatic heterocycles. The fraction of sp³-hybridized carbons (Fsp3) is 0.478. The molecule has 0 aliphatic heterocycles. The van der Waals surface area contributed by atoms with Gasteiger partial charge in [0.25, 0.3) is 0 Å². The molecule has 2 aromatic rings. The fourth-order valence-electron chi connectivity index (χ4n) is 3.09. The van der Waals surface area contributed by atoms with E-state index in [-0.39, 0.29) is 5.41 Å². The smallest absolute Gasteiger partial charge is 0.125 e. The molecule has 2 nitrogen and oxygen atoms in total. The van der Waals surface area contributed by atoms with Gasteiger partial charge in [0.05, 0.1) is 12.7 Å². The van der Waals surface area contributed by atoms with Crippen molar-refractivity contribution >= 4 is 0 Å². The van der Waals surface area contributed by atoms with Crippen molar-refractivity contribution in [2.75, 3.05) is 6.61 Å². The summed E-state index contributed by atoms with van der Waals surface area (Å²) in [6.45, 7) is 9.41. The van der Waals surface area contributed by atoms with Gasteiger partial charge in [-0.3, -0.25) is 0 Å². The molecule has 0 saturated heterocycles. The van der Waals surface area contributed by atoms with Gasteiger partial charge in [-0.25, -0.2) is 0 Å². The van der Waals surface area contributed by atoms with Crippen LogP contribution in [0.2, 0.25) is 0 Å². The van der Waals surface area contributed by atoms with Crippen LogP contribution in [0.5, 0.6) is 5.75 Å². The zero-order valence-electron chi connectivity index (χ0n) is 16.1. The first kappa shape index (κ1) is 19.5. The van der Waals surface area contributed by atoms with Crippen LogP contribution in [-0.2, 0) is 11.8 Å². The van der Waals surface area contributed by atoms with Crippen LogP contribution in [-0.4, -0.2) is 11.7 Å². The number of hydrogen-bond acceptors (Lipinski definition) is 2. The van der Waals surface area contributed by atoms with Crippen molar-refractivity contribution in [2.24, 2.45) is 0 Å². The van der Waals surface area contributed by atoms with Crippen LogP contribution in [0, 0.1) is 0 Å². The van der Waals surface area contributed by atoms with Crippen molar-refractivity contribution in [3.8, 4) is 5.75 Å². The minimum atomic E-state index is -0.521. The summed E-state index contributed by atoms with van der Waals surface area (Å²) in [6, 6.07) is 16.5. The molecule has 2 aromatic carbocycles. The summed E-state index contributed by atoms with van der Waals surface area (Å²) in [5.41, 5.74) is 3.35. The topological polar surface area (TPSA) is 29.5 Å². The first-order valence-corrected chi connectivity index (χ1v) is 9.41. The van der Waals surface area contributed by atoms with Crippen LogP contribution in [0.1, 0.15) is 69.8 Å². The van der Waals surface area contributed by atoms with Gasteiger partial charge in [-0.1, -0.05) is 76.6 Å². The molecular formula is C23H32O2. The van der Waals surface area contributed by atoms with E-state index in [1.807, 2.05) is 30.3 Å². The predicted molar refractivity (Wildman–Crippen MR) is 105 cm³/mol. The van der Waals surface area contributed by atoms with Crippen molar-refractivity contribution in [1.29, 1.82) is 0 Å². The third-order valence-corrected chi connectivity index (χ3v) is 4.51. The Morgan fingerprint density at radius 3 is 2.36 bits per heavy atom. The van der Waals surface area contributed by atoms with Gasteiger partial charge in [0.1, 0.15) is 5.75 Å². The number of benzene rings is 2. The second-order valence-electron chi connectivity index (χ2n) is 7.71.